The Morgan fingerprint density at radius 1 is 1.13 bits per heavy atom. The van der Waals surface area contributed by atoms with Gasteiger partial charge in [-0.05, 0) is 72.8 Å². The molecule has 6 rings (SSSR count). The molecule has 5 fully saturated rings. The summed E-state index contributed by atoms with van der Waals surface area (Å²) in [6.45, 7) is 6.03. The number of carbonyl (C=O) groups excluding carboxylic acids is 1. The van der Waals surface area contributed by atoms with Crippen LogP contribution in [-0.4, -0.2) is 43.2 Å². The van der Waals surface area contributed by atoms with Gasteiger partial charge < -0.3 is 10.6 Å². The molecule has 166 valence electrons. The second kappa shape index (κ2) is 7.30. The highest BCUT2D eigenvalue weighted by Crippen LogP contribution is 2.67. The Morgan fingerprint density at radius 3 is 2.42 bits per heavy atom. The van der Waals surface area contributed by atoms with Gasteiger partial charge in [0, 0.05) is 32.4 Å². The van der Waals surface area contributed by atoms with Crippen molar-refractivity contribution in [1.29, 1.82) is 0 Å². The van der Waals surface area contributed by atoms with Crippen LogP contribution < -0.4 is 5.73 Å². The van der Waals surface area contributed by atoms with Gasteiger partial charge in [0.15, 0.2) is 0 Å². The summed E-state index contributed by atoms with van der Waals surface area (Å²) < 4.78 is 0. The minimum atomic E-state index is -0.222. The summed E-state index contributed by atoms with van der Waals surface area (Å²) in [4.78, 5) is 20.6. The molecular weight excluding hydrogens is 382 g/mol. The van der Waals surface area contributed by atoms with Crippen LogP contribution in [0, 0.1) is 22.7 Å². The number of benzene rings is 1. The number of piperidine rings is 1. The number of hydrogen-bond acceptors (Lipinski definition) is 3. The van der Waals surface area contributed by atoms with Crippen molar-refractivity contribution in [1.82, 2.24) is 4.90 Å². The third-order valence-corrected chi connectivity index (χ3v) is 9.02. The first-order valence-electron chi connectivity index (χ1n) is 12.0. The SMILES string of the molecule is CN=CC=C1C2CC3(C(=O)N4CC[C@H](N)C(C)(C)C4)CC1CC(c1ccccc1)(C2)C3. The van der Waals surface area contributed by atoms with Crippen LogP contribution >= 0.6 is 0 Å². The fraction of sp³-hybridized carbons (Fsp3) is 0.630. The lowest BCUT2D eigenvalue weighted by atomic mass is 9.41. The summed E-state index contributed by atoms with van der Waals surface area (Å²) in [5.41, 5.74) is 9.25. The molecule has 1 aromatic carbocycles. The number of likely N-dealkylation sites (tertiary alicyclic amines) is 1. The highest BCUT2D eigenvalue weighted by Gasteiger charge is 2.63. The fourth-order valence-corrected chi connectivity index (χ4v) is 7.63. The first-order valence-corrected chi connectivity index (χ1v) is 12.0. The van der Waals surface area contributed by atoms with E-state index >= 15 is 0 Å². The molecule has 4 nitrogen and oxygen atoms in total. The van der Waals surface area contributed by atoms with Crippen LogP contribution in [0.4, 0.5) is 0 Å². The molecule has 4 heteroatoms. The first-order chi connectivity index (χ1) is 14.8. The van der Waals surface area contributed by atoms with Crippen LogP contribution in [0.2, 0.25) is 0 Å². The molecule has 4 aliphatic carbocycles. The monoisotopic (exact) mass is 419 g/mol. The van der Waals surface area contributed by atoms with Gasteiger partial charge in [0.05, 0.1) is 5.41 Å². The highest BCUT2D eigenvalue weighted by molar-refractivity contribution is 5.84. The van der Waals surface area contributed by atoms with Crippen molar-refractivity contribution in [3.8, 4) is 0 Å². The lowest BCUT2D eigenvalue weighted by Crippen LogP contribution is -2.63. The molecule has 1 heterocycles. The lowest BCUT2D eigenvalue weighted by molar-refractivity contribution is -0.159. The van der Waals surface area contributed by atoms with E-state index in [1.807, 2.05) is 13.3 Å². The Balaban J connectivity index is 1.52. The number of hydrogen-bond donors (Lipinski definition) is 1. The number of aliphatic imine (C=N–C) groups is 1. The van der Waals surface area contributed by atoms with Gasteiger partial charge in [-0.15, -0.1) is 0 Å². The Hall–Kier alpha value is -1.94. The summed E-state index contributed by atoms with van der Waals surface area (Å²) in [7, 11) is 1.84. The molecule has 3 atom stereocenters. The van der Waals surface area contributed by atoms with Gasteiger partial charge >= 0.3 is 0 Å². The average Bonchev–Trinajstić information content (AvgIpc) is 2.75. The number of allylic oxidation sites excluding steroid dienone is 2. The molecule has 4 bridgehead atoms. The lowest BCUT2D eigenvalue weighted by Gasteiger charge is -2.63. The number of nitrogens with zero attached hydrogens (tertiary/aromatic N) is 2. The standard InChI is InChI=1S/C27H37N3O/c1-25(2)18-30(12-10-23(25)28)24(31)27-15-19-13-26(17-27,21-7-5-4-6-8-21)14-20(16-27)22(19)9-11-29-3/h4-9,11,19-20,23H,10,12-18,28H2,1-3H3/t19?,20?,23-,26?,27?/m0/s1. The largest absolute Gasteiger partial charge is 0.342 e. The zero-order valence-electron chi connectivity index (χ0n) is 19.3. The average molecular weight is 420 g/mol. The van der Waals surface area contributed by atoms with E-state index in [-0.39, 0.29) is 22.3 Å². The molecule has 0 aromatic heterocycles. The number of amides is 1. The third kappa shape index (κ3) is 3.29. The molecule has 1 aliphatic heterocycles. The van der Waals surface area contributed by atoms with Gasteiger partial charge in [0.25, 0.3) is 0 Å². The van der Waals surface area contributed by atoms with Gasteiger partial charge in [0.1, 0.15) is 0 Å². The Kier molecular flexibility index (Phi) is 4.93. The van der Waals surface area contributed by atoms with Crippen LogP contribution in [-0.2, 0) is 10.2 Å². The highest BCUT2D eigenvalue weighted by atomic mass is 16.2. The van der Waals surface area contributed by atoms with Crippen LogP contribution in [0.1, 0.15) is 57.9 Å². The molecule has 1 saturated heterocycles. The molecule has 1 amide bonds. The van der Waals surface area contributed by atoms with E-state index < -0.39 is 0 Å². The second-order valence-corrected chi connectivity index (χ2v) is 11.5. The Bertz CT molecular complexity index is 898. The van der Waals surface area contributed by atoms with Crippen molar-refractivity contribution in [2.75, 3.05) is 20.1 Å². The van der Waals surface area contributed by atoms with E-state index in [9.17, 15) is 4.79 Å². The molecule has 0 radical (unpaired) electrons. The summed E-state index contributed by atoms with van der Waals surface area (Å²) in [5, 5.41) is 0. The molecule has 2 unspecified atom stereocenters. The maximum absolute atomic E-state index is 14.2. The predicted octanol–water partition coefficient (Wildman–Crippen LogP) is 4.35. The maximum Gasteiger partial charge on any atom is 0.228 e. The van der Waals surface area contributed by atoms with E-state index in [4.69, 9.17) is 5.73 Å². The molecule has 5 aliphatic rings. The fourth-order valence-electron chi connectivity index (χ4n) is 7.63. The van der Waals surface area contributed by atoms with E-state index in [0.29, 0.717) is 17.7 Å². The normalized spacial score (nSPS) is 38.6. The zero-order chi connectivity index (χ0) is 21.9. The molecule has 4 saturated carbocycles. The van der Waals surface area contributed by atoms with E-state index in [0.717, 1.165) is 38.8 Å². The van der Waals surface area contributed by atoms with Gasteiger partial charge in [-0.25, -0.2) is 0 Å². The molecule has 0 spiro atoms. The summed E-state index contributed by atoms with van der Waals surface area (Å²) in [6.07, 6.45) is 10.5. The maximum atomic E-state index is 14.2. The predicted molar refractivity (Wildman–Crippen MR) is 126 cm³/mol. The number of carbonyl (C=O) groups is 1. The second-order valence-electron chi connectivity index (χ2n) is 11.5. The molecule has 1 aromatic rings. The van der Waals surface area contributed by atoms with Crippen molar-refractivity contribution < 1.29 is 4.79 Å². The van der Waals surface area contributed by atoms with Crippen molar-refractivity contribution in [3.05, 3.63) is 47.5 Å². The van der Waals surface area contributed by atoms with Crippen molar-refractivity contribution in [2.24, 2.45) is 33.4 Å². The minimum Gasteiger partial charge on any atom is -0.342 e. The van der Waals surface area contributed by atoms with Gasteiger partial charge in [-0.1, -0.05) is 49.8 Å². The van der Waals surface area contributed by atoms with Gasteiger partial charge in [-0.3, -0.25) is 9.79 Å². The first kappa shape index (κ1) is 20.9. The van der Waals surface area contributed by atoms with Crippen molar-refractivity contribution in [3.63, 3.8) is 0 Å². The van der Waals surface area contributed by atoms with Crippen LogP contribution in [0.15, 0.2) is 47.0 Å². The smallest absolute Gasteiger partial charge is 0.228 e. The topological polar surface area (TPSA) is 58.7 Å². The summed E-state index contributed by atoms with van der Waals surface area (Å²) in [6, 6.07) is 11.2. The van der Waals surface area contributed by atoms with E-state index in [2.05, 4.69) is 60.1 Å². The van der Waals surface area contributed by atoms with Crippen molar-refractivity contribution in [2.45, 2.75) is 63.8 Å². The molecular formula is C27H37N3O. The number of rotatable bonds is 3. The number of nitrogens with two attached hydrogens (primary N) is 1. The van der Waals surface area contributed by atoms with Crippen LogP contribution in [0.5, 0.6) is 0 Å². The van der Waals surface area contributed by atoms with E-state index in [1.54, 1.807) is 5.57 Å². The zero-order valence-corrected chi connectivity index (χ0v) is 19.3. The van der Waals surface area contributed by atoms with Gasteiger partial charge in [-0.2, -0.15) is 0 Å². The van der Waals surface area contributed by atoms with Gasteiger partial charge in [0.2, 0.25) is 5.91 Å². The quantitative estimate of drug-likeness (QED) is 0.741. The Labute approximate surface area is 187 Å². The Morgan fingerprint density at radius 2 is 1.81 bits per heavy atom. The van der Waals surface area contributed by atoms with Crippen molar-refractivity contribution >= 4 is 12.1 Å². The van der Waals surface area contributed by atoms with Crippen LogP contribution in [0.3, 0.4) is 0 Å². The van der Waals surface area contributed by atoms with Crippen LogP contribution in [0.25, 0.3) is 0 Å². The molecule has 2 N–H and O–H groups in total. The minimum absolute atomic E-state index is 0.0179. The summed E-state index contributed by atoms with van der Waals surface area (Å²) >= 11 is 0. The third-order valence-electron chi connectivity index (χ3n) is 9.02. The molecule has 31 heavy (non-hydrogen) atoms. The summed E-state index contributed by atoms with van der Waals surface area (Å²) in [5.74, 6) is 1.39. The van der Waals surface area contributed by atoms with E-state index in [1.165, 1.54) is 18.4 Å².